The van der Waals surface area contributed by atoms with Crippen molar-refractivity contribution in [3.8, 4) is 11.3 Å². The zero-order valence-corrected chi connectivity index (χ0v) is 25.4. The minimum absolute atomic E-state index is 0.00937. The second-order valence-corrected chi connectivity index (χ2v) is 12.4. The van der Waals surface area contributed by atoms with E-state index in [1.165, 1.54) is 34.8 Å². The highest BCUT2D eigenvalue weighted by molar-refractivity contribution is 7.43. The number of rotatable bonds is 7. The second-order valence-electron chi connectivity index (χ2n) is 11.2. The summed E-state index contributed by atoms with van der Waals surface area (Å²) in [6.07, 6.45) is 3.43. The highest BCUT2D eigenvalue weighted by Crippen LogP contribution is 2.31. The highest BCUT2D eigenvalue weighted by atomic mass is 31.1. The molecule has 1 aromatic heterocycles. The maximum absolute atomic E-state index is 14.7. The van der Waals surface area contributed by atoms with E-state index in [0.717, 1.165) is 5.56 Å². The number of Topliss-reactive ketones (excluding diaryl/α,β-unsaturated/α-hetero) is 1. The number of ketones is 1. The number of aryl methyl sites for hydroxylation is 1. The van der Waals surface area contributed by atoms with Crippen LogP contribution in [-0.4, -0.2) is 52.1 Å². The van der Waals surface area contributed by atoms with E-state index in [1.54, 1.807) is 50.3 Å². The lowest BCUT2D eigenvalue weighted by atomic mass is 9.87. The topological polar surface area (TPSA) is 120 Å². The average molecular weight is 589 g/mol. The van der Waals surface area contributed by atoms with E-state index in [9.17, 15) is 18.8 Å². The molecule has 2 aromatic carbocycles. The first-order chi connectivity index (χ1) is 19.7. The van der Waals surface area contributed by atoms with Gasteiger partial charge in [-0.15, -0.1) is 0 Å². The maximum Gasteiger partial charge on any atom is 0.289 e. The van der Waals surface area contributed by atoms with Crippen LogP contribution < -0.4 is 16.2 Å². The van der Waals surface area contributed by atoms with Gasteiger partial charge in [0.2, 0.25) is 5.78 Å². The molecule has 9 nitrogen and oxygen atoms in total. The Morgan fingerprint density at radius 1 is 1.07 bits per heavy atom. The van der Waals surface area contributed by atoms with Gasteiger partial charge in [0.05, 0.1) is 17.2 Å². The lowest BCUT2D eigenvalue weighted by Gasteiger charge is -2.20. The fraction of sp³-hybridized carbons (Fsp3) is 0.258. The van der Waals surface area contributed by atoms with Gasteiger partial charge in [-0.1, -0.05) is 53.6 Å². The summed E-state index contributed by atoms with van der Waals surface area (Å²) in [4.78, 5) is 39.6. The molecule has 0 saturated heterocycles. The number of amides is 1. The van der Waals surface area contributed by atoms with Gasteiger partial charge in [0, 0.05) is 37.8 Å². The first kappa shape index (κ1) is 30.5. The normalized spacial score (nSPS) is 15.2. The molecule has 218 valence electrons. The summed E-state index contributed by atoms with van der Waals surface area (Å²) >= 11 is 0. The molecule has 1 aliphatic heterocycles. The first-order valence-corrected chi connectivity index (χ1v) is 14.4. The van der Waals surface area contributed by atoms with Crippen molar-refractivity contribution in [1.29, 1.82) is 5.41 Å². The third-order valence-electron chi connectivity index (χ3n) is 6.71. The molecule has 0 fully saturated rings. The Bertz CT molecular complexity index is 1670. The number of likely N-dealkylation sites (N-methyl/N-ethyl adjacent to an activating group) is 1. The largest absolute Gasteiger partial charge is 0.370 e. The standard InChI is InChI=1S/C31H34FN6O3P/c1-31(2,3)21-11-7-18(8-12-21)29(40)35-24-15-19(9-13-22(24)32)23-16-25(30(41)38(6)36-23)34-26-14-10-20(17-42-26)27(39)28(33)37(4)5/h7-17,26,33-34,42H,1-6H3,(H,35,40). The van der Waals surface area contributed by atoms with Gasteiger partial charge in [-0.2, -0.15) is 5.10 Å². The third-order valence-corrected chi connectivity index (χ3v) is 7.88. The summed E-state index contributed by atoms with van der Waals surface area (Å²) in [7, 11) is 4.95. The summed E-state index contributed by atoms with van der Waals surface area (Å²) in [5, 5.41) is 18.1. The first-order valence-electron chi connectivity index (χ1n) is 13.3. The van der Waals surface area contributed by atoms with Gasteiger partial charge < -0.3 is 15.5 Å². The Balaban J connectivity index is 1.53. The number of hydrogen-bond donors (Lipinski definition) is 3. The Labute approximate surface area is 245 Å². The van der Waals surface area contributed by atoms with Crippen LogP contribution in [0, 0.1) is 11.2 Å². The summed E-state index contributed by atoms with van der Waals surface area (Å²) in [5.74, 6) is -0.0104. The SMILES string of the molecule is CN(C)C(=N)C(=O)C1=CPC(Nc2cc(-c3ccc(F)c(NC(=O)c4ccc(C(C)(C)C)cc4)c3)nn(C)c2=O)C=C1. The van der Waals surface area contributed by atoms with E-state index in [2.05, 4.69) is 36.5 Å². The van der Waals surface area contributed by atoms with Crippen molar-refractivity contribution in [2.75, 3.05) is 24.7 Å². The van der Waals surface area contributed by atoms with Gasteiger partial charge in [0.1, 0.15) is 11.5 Å². The Kier molecular flexibility index (Phi) is 8.87. The fourth-order valence-electron chi connectivity index (χ4n) is 4.17. The van der Waals surface area contributed by atoms with E-state index >= 15 is 0 Å². The minimum atomic E-state index is -0.602. The molecule has 2 atom stereocenters. The van der Waals surface area contributed by atoms with Crippen LogP contribution in [0.25, 0.3) is 11.3 Å². The fourth-order valence-corrected chi connectivity index (χ4v) is 5.20. The number of hydrogen-bond acceptors (Lipinski definition) is 6. The van der Waals surface area contributed by atoms with E-state index in [4.69, 9.17) is 5.41 Å². The Morgan fingerprint density at radius 3 is 2.36 bits per heavy atom. The molecule has 0 spiro atoms. The van der Waals surface area contributed by atoms with Crippen LogP contribution in [0.3, 0.4) is 0 Å². The molecule has 42 heavy (non-hydrogen) atoms. The highest BCUT2D eigenvalue weighted by Gasteiger charge is 2.20. The molecule has 1 aliphatic rings. The van der Waals surface area contributed by atoms with Crippen molar-refractivity contribution >= 4 is 37.5 Å². The van der Waals surface area contributed by atoms with Gasteiger partial charge in [0.15, 0.2) is 5.84 Å². The van der Waals surface area contributed by atoms with Crippen molar-refractivity contribution in [2.24, 2.45) is 7.05 Å². The van der Waals surface area contributed by atoms with Crippen LogP contribution in [0.2, 0.25) is 0 Å². The zero-order valence-electron chi connectivity index (χ0n) is 24.4. The van der Waals surface area contributed by atoms with Crippen molar-refractivity contribution in [1.82, 2.24) is 14.7 Å². The molecule has 1 amide bonds. The van der Waals surface area contributed by atoms with Gasteiger partial charge in [-0.25, -0.2) is 9.07 Å². The summed E-state index contributed by atoms with van der Waals surface area (Å²) in [5.41, 5.74) is 2.67. The van der Waals surface area contributed by atoms with E-state index in [-0.39, 0.29) is 48.3 Å². The zero-order chi connectivity index (χ0) is 30.8. The number of carbonyl (C=O) groups excluding carboxylic acids is 2. The summed E-state index contributed by atoms with van der Waals surface area (Å²) in [6.45, 7) is 6.25. The number of allylic oxidation sites excluding steroid dienone is 1. The molecule has 0 radical (unpaired) electrons. The van der Waals surface area contributed by atoms with Crippen molar-refractivity contribution in [3.63, 3.8) is 0 Å². The van der Waals surface area contributed by atoms with Crippen LogP contribution in [0.15, 0.2) is 76.9 Å². The molecular weight excluding hydrogens is 554 g/mol. The smallest absolute Gasteiger partial charge is 0.289 e. The number of carbonyl (C=O) groups is 2. The van der Waals surface area contributed by atoms with Crippen LogP contribution in [0.5, 0.6) is 0 Å². The molecule has 3 N–H and O–H groups in total. The number of nitrogens with zero attached hydrogens (tertiary/aromatic N) is 3. The van der Waals surface area contributed by atoms with Crippen molar-refractivity contribution < 1.29 is 14.0 Å². The molecule has 0 saturated carbocycles. The Morgan fingerprint density at radius 2 is 1.76 bits per heavy atom. The van der Waals surface area contributed by atoms with Gasteiger partial charge >= 0.3 is 0 Å². The van der Waals surface area contributed by atoms with Gasteiger partial charge in [-0.3, -0.25) is 19.8 Å². The molecule has 0 aliphatic carbocycles. The summed E-state index contributed by atoms with van der Waals surface area (Å²) in [6, 6.07) is 13.0. The van der Waals surface area contributed by atoms with Crippen molar-refractivity contribution in [3.05, 3.63) is 99.4 Å². The van der Waals surface area contributed by atoms with E-state index < -0.39 is 11.7 Å². The number of anilines is 2. The van der Waals surface area contributed by atoms with Crippen LogP contribution in [0.4, 0.5) is 15.8 Å². The summed E-state index contributed by atoms with van der Waals surface area (Å²) < 4.78 is 15.9. The lowest BCUT2D eigenvalue weighted by Crippen LogP contribution is -2.30. The van der Waals surface area contributed by atoms with Crippen molar-refractivity contribution in [2.45, 2.75) is 32.0 Å². The maximum atomic E-state index is 14.7. The molecule has 0 bridgehead atoms. The molecule has 3 aromatic rings. The molecular formula is C31H34FN6O3P. The number of aromatic nitrogens is 2. The number of amidine groups is 1. The predicted octanol–water partition coefficient (Wildman–Crippen LogP) is 5.11. The number of halogens is 1. The van der Waals surface area contributed by atoms with Gasteiger partial charge in [-0.05, 0) is 53.2 Å². The minimum Gasteiger partial charge on any atom is -0.370 e. The predicted molar refractivity (Wildman–Crippen MR) is 167 cm³/mol. The van der Waals surface area contributed by atoms with Crippen LogP contribution >= 0.6 is 8.58 Å². The monoisotopic (exact) mass is 588 g/mol. The van der Waals surface area contributed by atoms with E-state index in [1.807, 2.05) is 12.1 Å². The van der Waals surface area contributed by atoms with Crippen LogP contribution in [0.1, 0.15) is 36.7 Å². The Hall–Kier alpha value is -4.43. The third kappa shape index (κ3) is 6.89. The number of benzene rings is 2. The van der Waals surface area contributed by atoms with E-state index in [0.29, 0.717) is 22.4 Å². The lowest BCUT2D eigenvalue weighted by molar-refractivity contribution is -0.110. The molecule has 2 unspecified atom stereocenters. The second kappa shape index (κ2) is 12.2. The average Bonchev–Trinajstić information content (AvgIpc) is 2.95. The molecule has 4 rings (SSSR count). The quantitative estimate of drug-likeness (QED) is 0.200. The number of nitrogens with one attached hydrogen (secondary N) is 3. The molecule has 11 heteroatoms. The van der Waals surface area contributed by atoms with Crippen LogP contribution in [-0.2, 0) is 17.3 Å². The molecule has 2 heterocycles. The van der Waals surface area contributed by atoms with Gasteiger partial charge in [0.25, 0.3) is 11.5 Å².